The summed E-state index contributed by atoms with van der Waals surface area (Å²) in [5, 5.41) is 10.4. The Labute approximate surface area is 154 Å². The molecule has 0 saturated heterocycles. The fraction of sp³-hybridized carbons (Fsp3) is 0.222. The second-order valence-electron chi connectivity index (χ2n) is 5.96. The van der Waals surface area contributed by atoms with Crippen molar-refractivity contribution < 1.29 is 13.9 Å². The predicted molar refractivity (Wildman–Crippen MR) is 95.5 cm³/mol. The Morgan fingerprint density at radius 2 is 2.11 bits per heavy atom. The van der Waals surface area contributed by atoms with Crippen LogP contribution < -0.4 is 10.3 Å². The van der Waals surface area contributed by atoms with Gasteiger partial charge in [0.25, 0.3) is 11.5 Å². The van der Waals surface area contributed by atoms with E-state index in [0.717, 1.165) is 0 Å². The van der Waals surface area contributed by atoms with Crippen molar-refractivity contribution in [3.63, 3.8) is 0 Å². The molecule has 2 aromatic heterocycles. The predicted octanol–water partition coefficient (Wildman–Crippen LogP) is 1.68. The summed E-state index contributed by atoms with van der Waals surface area (Å²) >= 11 is 0. The molecule has 0 aliphatic carbocycles. The first-order chi connectivity index (χ1) is 12.9. The molecule has 0 spiro atoms. The van der Waals surface area contributed by atoms with E-state index in [2.05, 4.69) is 15.3 Å². The molecule has 1 aromatic carbocycles. The number of halogens is 1. The molecular formula is C18H18FN5O3. The summed E-state index contributed by atoms with van der Waals surface area (Å²) in [4.78, 5) is 25.4. The number of H-pyrrole nitrogens is 1. The summed E-state index contributed by atoms with van der Waals surface area (Å²) < 4.78 is 20.2. The third-order valence-corrected chi connectivity index (χ3v) is 4.10. The van der Waals surface area contributed by atoms with E-state index in [1.165, 1.54) is 47.2 Å². The van der Waals surface area contributed by atoms with Gasteiger partial charge in [0.1, 0.15) is 0 Å². The first-order valence-corrected chi connectivity index (χ1v) is 8.09. The fourth-order valence-electron chi connectivity index (χ4n) is 2.67. The number of hydrogen-bond acceptors (Lipinski definition) is 5. The number of rotatable bonds is 5. The highest BCUT2D eigenvalue weighted by atomic mass is 19.1. The van der Waals surface area contributed by atoms with E-state index in [-0.39, 0.29) is 23.8 Å². The summed E-state index contributed by atoms with van der Waals surface area (Å²) in [7, 11) is 3.02. The van der Waals surface area contributed by atoms with Crippen molar-refractivity contribution in [3.8, 4) is 11.6 Å². The van der Waals surface area contributed by atoms with Gasteiger partial charge in [0.05, 0.1) is 24.6 Å². The summed E-state index contributed by atoms with van der Waals surface area (Å²) in [6, 6.07) is 7.40. The van der Waals surface area contributed by atoms with Crippen LogP contribution in [-0.4, -0.2) is 44.9 Å². The highest BCUT2D eigenvalue weighted by Gasteiger charge is 2.19. The van der Waals surface area contributed by atoms with Crippen LogP contribution in [-0.2, 0) is 6.54 Å². The molecule has 0 radical (unpaired) electrons. The van der Waals surface area contributed by atoms with Crippen LogP contribution in [0, 0.1) is 12.7 Å². The number of nitrogens with one attached hydrogen (secondary N) is 1. The molecule has 140 valence electrons. The molecule has 0 atom stereocenters. The van der Waals surface area contributed by atoms with Crippen LogP contribution in [0.2, 0.25) is 0 Å². The van der Waals surface area contributed by atoms with Gasteiger partial charge in [-0.3, -0.25) is 9.59 Å². The summed E-state index contributed by atoms with van der Waals surface area (Å²) in [6.45, 7) is 1.95. The first-order valence-electron chi connectivity index (χ1n) is 8.09. The zero-order chi connectivity index (χ0) is 19.6. The minimum absolute atomic E-state index is 0.151. The molecule has 1 amide bonds. The van der Waals surface area contributed by atoms with Crippen LogP contribution in [0.5, 0.6) is 5.75 Å². The minimum atomic E-state index is -0.482. The third kappa shape index (κ3) is 3.71. The van der Waals surface area contributed by atoms with Crippen molar-refractivity contribution >= 4 is 5.91 Å². The zero-order valence-electron chi connectivity index (χ0n) is 15.1. The standard InChI is InChI=1S/C18H18FN5O3/c1-11-13(9-20-24(11)16-6-7-17(25)22-21-16)18(26)23(2)10-12-4-5-15(27-3)14(19)8-12/h4-9H,10H2,1-3H3,(H,22,25). The smallest absolute Gasteiger partial charge is 0.264 e. The Bertz CT molecular complexity index is 1020. The van der Waals surface area contributed by atoms with Crippen molar-refractivity contribution in [2.24, 2.45) is 0 Å². The van der Waals surface area contributed by atoms with E-state index >= 15 is 0 Å². The van der Waals surface area contributed by atoms with Gasteiger partial charge in [0.2, 0.25) is 0 Å². The number of methoxy groups -OCH3 is 1. The van der Waals surface area contributed by atoms with Gasteiger partial charge < -0.3 is 9.64 Å². The summed E-state index contributed by atoms with van der Waals surface area (Å²) in [5.74, 6) is -0.201. The molecule has 27 heavy (non-hydrogen) atoms. The number of amides is 1. The molecule has 8 nitrogen and oxygen atoms in total. The molecule has 1 N–H and O–H groups in total. The average molecular weight is 371 g/mol. The molecule has 0 aliphatic rings. The monoisotopic (exact) mass is 371 g/mol. The van der Waals surface area contributed by atoms with Crippen LogP contribution >= 0.6 is 0 Å². The number of aromatic amines is 1. The number of carbonyl (C=O) groups excluding carboxylic acids is 1. The first kappa shape index (κ1) is 18.3. The van der Waals surface area contributed by atoms with E-state index in [9.17, 15) is 14.0 Å². The third-order valence-electron chi connectivity index (χ3n) is 4.10. The molecule has 0 unspecified atom stereocenters. The maximum atomic E-state index is 13.8. The van der Waals surface area contributed by atoms with E-state index in [1.807, 2.05) is 0 Å². The van der Waals surface area contributed by atoms with Gasteiger partial charge in [0.15, 0.2) is 17.4 Å². The van der Waals surface area contributed by atoms with Crippen LogP contribution in [0.3, 0.4) is 0 Å². The second-order valence-corrected chi connectivity index (χ2v) is 5.96. The van der Waals surface area contributed by atoms with E-state index in [1.54, 1.807) is 20.0 Å². The number of hydrogen-bond donors (Lipinski definition) is 1. The maximum Gasteiger partial charge on any atom is 0.264 e. The Morgan fingerprint density at radius 1 is 1.33 bits per heavy atom. The van der Waals surface area contributed by atoms with Crippen molar-refractivity contribution in [3.05, 3.63) is 69.5 Å². The van der Waals surface area contributed by atoms with Crippen molar-refractivity contribution in [1.29, 1.82) is 0 Å². The van der Waals surface area contributed by atoms with Crippen molar-refractivity contribution in [2.75, 3.05) is 14.2 Å². The summed E-state index contributed by atoms with van der Waals surface area (Å²) in [5.41, 5.74) is 1.27. The highest BCUT2D eigenvalue weighted by molar-refractivity contribution is 5.95. The van der Waals surface area contributed by atoms with Gasteiger partial charge in [-0.15, -0.1) is 0 Å². The Balaban J connectivity index is 1.80. The highest BCUT2D eigenvalue weighted by Crippen LogP contribution is 2.19. The molecule has 0 saturated carbocycles. The quantitative estimate of drug-likeness (QED) is 0.737. The Hall–Kier alpha value is -3.49. The molecule has 9 heteroatoms. The van der Waals surface area contributed by atoms with Gasteiger partial charge in [-0.25, -0.2) is 14.2 Å². The molecular weight excluding hydrogens is 353 g/mol. The van der Waals surface area contributed by atoms with Gasteiger partial charge in [-0.1, -0.05) is 6.07 Å². The molecule has 0 fully saturated rings. The topological polar surface area (TPSA) is 93.1 Å². The second kappa shape index (κ2) is 7.40. The van der Waals surface area contributed by atoms with E-state index in [4.69, 9.17) is 4.74 Å². The van der Waals surface area contributed by atoms with Crippen LogP contribution in [0.4, 0.5) is 4.39 Å². The van der Waals surface area contributed by atoms with Crippen molar-refractivity contribution in [2.45, 2.75) is 13.5 Å². The number of aromatic nitrogens is 4. The van der Waals surface area contributed by atoms with Crippen molar-refractivity contribution in [1.82, 2.24) is 24.9 Å². The number of benzene rings is 1. The number of carbonyl (C=O) groups is 1. The zero-order valence-corrected chi connectivity index (χ0v) is 15.1. The lowest BCUT2D eigenvalue weighted by atomic mass is 10.1. The van der Waals surface area contributed by atoms with E-state index in [0.29, 0.717) is 22.6 Å². The molecule has 3 aromatic rings. The molecule has 0 bridgehead atoms. The SMILES string of the molecule is COc1ccc(CN(C)C(=O)c2cnn(-c3ccc(=O)[nH]n3)c2C)cc1F. The van der Waals surface area contributed by atoms with Crippen LogP contribution in [0.1, 0.15) is 21.6 Å². The van der Waals surface area contributed by atoms with E-state index < -0.39 is 5.82 Å². The van der Waals surface area contributed by atoms with Crippen LogP contribution in [0.15, 0.2) is 41.3 Å². The largest absolute Gasteiger partial charge is 0.494 e. The molecule has 3 rings (SSSR count). The van der Waals surface area contributed by atoms with Gasteiger partial charge >= 0.3 is 0 Å². The number of ether oxygens (including phenoxy) is 1. The molecule has 2 heterocycles. The minimum Gasteiger partial charge on any atom is -0.494 e. The lowest BCUT2D eigenvalue weighted by molar-refractivity contribution is 0.0784. The normalized spacial score (nSPS) is 10.7. The molecule has 0 aliphatic heterocycles. The lowest BCUT2D eigenvalue weighted by Gasteiger charge is -2.17. The van der Waals surface area contributed by atoms with Gasteiger partial charge in [0, 0.05) is 19.7 Å². The maximum absolute atomic E-state index is 13.8. The lowest BCUT2D eigenvalue weighted by Crippen LogP contribution is -2.26. The Morgan fingerprint density at radius 3 is 2.74 bits per heavy atom. The van der Waals surface area contributed by atoms with Gasteiger partial charge in [-0.2, -0.15) is 10.2 Å². The number of nitrogens with zero attached hydrogens (tertiary/aromatic N) is 4. The van der Waals surface area contributed by atoms with Gasteiger partial charge in [-0.05, 0) is 30.7 Å². The fourth-order valence-corrected chi connectivity index (χ4v) is 2.67. The summed E-state index contributed by atoms with van der Waals surface area (Å²) in [6.07, 6.45) is 1.44. The van der Waals surface area contributed by atoms with Crippen LogP contribution in [0.25, 0.3) is 5.82 Å². The average Bonchev–Trinajstić information content (AvgIpc) is 3.03. The Kier molecular flexibility index (Phi) is 5.02.